The molecule has 0 aliphatic rings. The maximum Gasteiger partial charge on any atom is 0.573 e. The van der Waals surface area contributed by atoms with E-state index in [-0.39, 0.29) is 28.9 Å². The molecule has 0 radical (unpaired) electrons. The van der Waals surface area contributed by atoms with Crippen LogP contribution in [0.1, 0.15) is 5.56 Å². The van der Waals surface area contributed by atoms with Gasteiger partial charge < -0.3 is 26.5 Å². The van der Waals surface area contributed by atoms with Gasteiger partial charge in [-0.2, -0.15) is 0 Å². The molecule has 0 fully saturated rings. The van der Waals surface area contributed by atoms with Crippen LogP contribution in [0.2, 0.25) is 0 Å². The average Bonchev–Trinajstić information content (AvgIpc) is 3.17. The Bertz CT molecular complexity index is 1370. The van der Waals surface area contributed by atoms with Crippen LogP contribution in [0.25, 0.3) is 22.1 Å². The van der Waals surface area contributed by atoms with Crippen LogP contribution < -0.4 is 26.8 Å². The van der Waals surface area contributed by atoms with Crippen molar-refractivity contribution in [3.63, 3.8) is 0 Å². The molecule has 34 heavy (non-hydrogen) atoms. The summed E-state index contributed by atoms with van der Waals surface area (Å²) in [6.07, 6.45) is -4.93. The molecule has 0 unspecified atom stereocenters. The molecule has 1 heterocycles. The second-order valence-corrected chi connectivity index (χ2v) is 7.13. The number of aromatic nitrogens is 1. The lowest BCUT2D eigenvalue weighted by Crippen LogP contribution is -2.31. The molecule has 0 aliphatic heterocycles. The molecular weight excluding hydrogens is 458 g/mol. The fourth-order valence-electron chi connectivity index (χ4n) is 3.54. The third-order valence-corrected chi connectivity index (χ3v) is 5.00. The van der Waals surface area contributed by atoms with Crippen LogP contribution in [-0.2, 0) is 6.54 Å². The highest BCUT2D eigenvalue weighted by atomic mass is 19.4. The number of urea groups is 1. The minimum Gasteiger partial charge on any atom is -0.402 e. The molecule has 0 saturated heterocycles. The van der Waals surface area contributed by atoms with Gasteiger partial charge in [-0.1, -0.05) is 17.3 Å². The summed E-state index contributed by atoms with van der Waals surface area (Å²) in [5.41, 5.74) is 18.5. The highest BCUT2D eigenvalue weighted by molar-refractivity contribution is 6.04. The van der Waals surface area contributed by atoms with Crippen LogP contribution >= 0.6 is 0 Å². The number of fused-ring (bicyclic) bond motifs is 1. The van der Waals surface area contributed by atoms with Gasteiger partial charge in [0.05, 0.1) is 16.8 Å². The predicted molar refractivity (Wildman–Crippen MR) is 117 cm³/mol. The van der Waals surface area contributed by atoms with E-state index in [0.29, 0.717) is 22.5 Å². The number of carbonyl (C=O) groups is 1. The lowest BCUT2D eigenvalue weighted by atomic mass is 10.0. The fourth-order valence-corrected chi connectivity index (χ4v) is 3.54. The molecule has 6 N–H and O–H groups in total. The predicted octanol–water partition coefficient (Wildman–Crippen LogP) is 4.79. The Morgan fingerprint density at radius 1 is 1.06 bits per heavy atom. The average molecular weight is 475 g/mol. The number of nitrogens with zero attached hydrogens (tertiary/aromatic N) is 2. The van der Waals surface area contributed by atoms with Crippen molar-refractivity contribution < 1.29 is 31.6 Å². The van der Waals surface area contributed by atoms with Crippen molar-refractivity contribution in [2.75, 3.05) is 10.6 Å². The lowest BCUT2D eigenvalue weighted by molar-refractivity contribution is -0.274. The first-order valence-corrected chi connectivity index (χ1v) is 9.71. The molecule has 12 heteroatoms. The molecule has 0 aliphatic carbocycles. The number of nitrogen functional groups attached to an aromatic ring is 1. The highest BCUT2D eigenvalue weighted by Gasteiger charge is 2.33. The van der Waals surface area contributed by atoms with E-state index in [0.717, 1.165) is 11.0 Å². The van der Waals surface area contributed by atoms with Crippen LogP contribution in [0.3, 0.4) is 0 Å². The standard InChI is InChI=1S/C22H17F4N5O3/c23-16-7-5-14(9-12(16)10-27)31(21(29)32)13-3-1-11(2-4-13)15-6-8-17(33-22(24,25)26)19-18(15)20(28)30-34-19/h1-9H,10,27H2,(H2,28,30)(H2,29,32). The summed E-state index contributed by atoms with van der Waals surface area (Å²) < 4.78 is 60.9. The van der Waals surface area contributed by atoms with Crippen molar-refractivity contribution in [2.45, 2.75) is 12.9 Å². The molecule has 8 nitrogen and oxygen atoms in total. The summed E-state index contributed by atoms with van der Waals surface area (Å²) in [7, 11) is 0. The molecule has 4 aromatic rings. The number of hydrogen-bond acceptors (Lipinski definition) is 6. The minimum atomic E-state index is -4.93. The van der Waals surface area contributed by atoms with E-state index >= 15 is 0 Å². The van der Waals surface area contributed by atoms with Crippen molar-refractivity contribution in [2.24, 2.45) is 11.5 Å². The number of anilines is 3. The first-order chi connectivity index (χ1) is 16.1. The van der Waals surface area contributed by atoms with Gasteiger partial charge in [-0.15, -0.1) is 13.2 Å². The Kier molecular flexibility index (Phi) is 5.75. The summed E-state index contributed by atoms with van der Waals surface area (Å²) in [6, 6.07) is 11.9. The summed E-state index contributed by atoms with van der Waals surface area (Å²) >= 11 is 0. The van der Waals surface area contributed by atoms with Gasteiger partial charge in [-0.25, -0.2) is 9.18 Å². The number of halogens is 4. The smallest absolute Gasteiger partial charge is 0.402 e. The number of primary amides is 1. The third-order valence-electron chi connectivity index (χ3n) is 5.00. The van der Waals surface area contributed by atoms with Gasteiger partial charge in [-0.3, -0.25) is 4.90 Å². The zero-order valence-corrected chi connectivity index (χ0v) is 17.3. The Morgan fingerprint density at radius 3 is 2.35 bits per heavy atom. The minimum absolute atomic E-state index is 0.0740. The topological polar surface area (TPSA) is 134 Å². The van der Waals surface area contributed by atoms with Gasteiger partial charge in [0, 0.05) is 12.1 Å². The second kappa shape index (κ2) is 8.56. The molecule has 4 rings (SSSR count). The van der Waals surface area contributed by atoms with Crippen molar-refractivity contribution in [3.05, 3.63) is 66.0 Å². The molecule has 0 saturated carbocycles. The van der Waals surface area contributed by atoms with E-state index in [1.165, 1.54) is 24.3 Å². The van der Waals surface area contributed by atoms with E-state index in [2.05, 4.69) is 9.89 Å². The first kappa shape index (κ1) is 22.9. The van der Waals surface area contributed by atoms with Gasteiger partial charge in [0.2, 0.25) is 5.58 Å². The van der Waals surface area contributed by atoms with Crippen molar-refractivity contribution in [3.8, 4) is 16.9 Å². The fraction of sp³-hybridized carbons (Fsp3) is 0.0909. The number of amides is 2. The van der Waals surface area contributed by atoms with Gasteiger partial charge in [0.15, 0.2) is 11.6 Å². The number of hydrogen-bond donors (Lipinski definition) is 3. The van der Waals surface area contributed by atoms with Gasteiger partial charge in [0.25, 0.3) is 0 Å². The molecule has 3 aromatic carbocycles. The normalized spacial score (nSPS) is 11.6. The number of alkyl halides is 3. The molecular formula is C22H17F4N5O3. The quantitative estimate of drug-likeness (QED) is 0.356. The van der Waals surface area contributed by atoms with E-state index < -0.39 is 24.0 Å². The molecule has 0 bridgehead atoms. The number of rotatable bonds is 5. The zero-order valence-electron chi connectivity index (χ0n) is 17.3. The largest absolute Gasteiger partial charge is 0.573 e. The lowest BCUT2D eigenvalue weighted by Gasteiger charge is -2.22. The molecule has 176 valence electrons. The van der Waals surface area contributed by atoms with Crippen LogP contribution in [0, 0.1) is 5.82 Å². The Labute approximate surface area is 189 Å². The molecule has 1 aromatic heterocycles. The third kappa shape index (κ3) is 4.30. The van der Waals surface area contributed by atoms with E-state index in [9.17, 15) is 22.4 Å². The molecule has 0 atom stereocenters. The van der Waals surface area contributed by atoms with Gasteiger partial charge in [-0.05, 0) is 53.6 Å². The highest BCUT2D eigenvalue weighted by Crippen LogP contribution is 2.40. The number of benzene rings is 3. The first-order valence-electron chi connectivity index (χ1n) is 9.71. The Morgan fingerprint density at radius 2 is 1.74 bits per heavy atom. The monoisotopic (exact) mass is 475 g/mol. The number of carbonyl (C=O) groups excluding carboxylic acids is 1. The summed E-state index contributed by atoms with van der Waals surface area (Å²) in [5.74, 6) is -1.22. The Hall–Kier alpha value is -4.32. The summed E-state index contributed by atoms with van der Waals surface area (Å²) in [5, 5.41) is 3.68. The number of ether oxygens (including phenoxy) is 1. The second-order valence-electron chi connectivity index (χ2n) is 7.13. The van der Waals surface area contributed by atoms with E-state index in [4.69, 9.17) is 21.7 Å². The van der Waals surface area contributed by atoms with Crippen molar-refractivity contribution in [1.82, 2.24) is 5.16 Å². The summed E-state index contributed by atoms with van der Waals surface area (Å²) in [4.78, 5) is 13.3. The maximum atomic E-state index is 13.8. The molecule has 2 amide bonds. The van der Waals surface area contributed by atoms with Crippen LogP contribution in [0.4, 0.5) is 39.5 Å². The van der Waals surface area contributed by atoms with Crippen LogP contribution in [-0.4, -0.2) is 17.6 Å². The SMILES string of the molecule is NCc1cc(N(C(N)=O)c2ccc(-c3ccc(OC(F)(F)F)c4onc(N)c34)cc2)ccc1F. The van der Waals surface area contributed by atoms with E-state index in [1.54, 1.807) is 24.3 Å². The van der Waals surface area contributed by atoms with E-state index in [1.807, 2.05) is 0 Å². The maximum absolute atomic E-state index is 13.8. The van der Waals surface area contributed by atoms with Crippen LogP contribution in [0.5, 0.6) is 5.75 Å². The van der Waals surface area contributed by atoms with Gasteiger partial charge >= 0.3 is 12.4 Å². The van der Waals surface area contributed by atoms with Gasteiger partial charge in [0.1, 0.15) is 5.82 Å². The Balaban J connectivity index is 1.74. The molecule has 0 spiro atoms. The van der Waals surface area contributed by atoms with Crippen molar-refractivity contribution >= 4 is 34.2 Å². The number of nitrogens with two attached hydrogens (primary N) is 3. The summed E-state index contributed by atoms with van der Waals surface area (Å²) in [6.45, 7) is -0.0740. The zero-order chi connectivity index (χ0) is 24.6. The van der Waals surface area contributed by atoms with Crippen LogP contribution in [0.15, 0.2) is 59.1 Å². The van der Waals surface area contributed by atoms with Crippen molar-refractivity contribution in [1.29, 1.82) is 0 Å².